The van der Waals surface area contributed by atoms with E-state index in [2.05, 4.69) is 17.0 Å². The van der Waals surface area contributed by atoms with Gasteiger partial charge in [-0.2, -0.15) is 0 Å². The van der Waals surface area contributed by atoms with Gasteiger partial charge in [0.15, 0.2) is 11.5 Å². The van der Waals surface area contributed by atoms with Gasteiger partial charge in [-0.25, -0.2) is 0 Å². The van der Waals surface area contributed by atoms with E-state index in [0.29, 0.717) is 30.3 Å². The van der Waals surface area contributed by atoms with E-state index in [1.807, 2.05) is 23.1 Å². The maximum absolute atomic E-state index is 12.9. The lowest BCUT2D eigenvalue weighted by Gasteiger charge is -2.37. The quantitative estimate of drug-likeness (QED) is 0.749. The van der Waals surface area contributed by atoms with E-state index in [9.17, 15) is 9.59 Å². The smallest absolute Gasteiger partial charge is 0.242 e. The minimum atomic E-state index is -0.200. The molecule has 0 bridgehead atoms. The van der Waals surface area contributed by atoms with Gasteiger partial charge in [-0.1, -0.05) is 18.2 Å². The monoisotopic (exact) mass is 397 g/mol. The first-order valence-corrected chi connectivity index (χ1v) is 9.61. The Bertz CT molecular complexity index is 848. The maximum atomic E-state index is 12.9. The van der Waals surface area contributed by atoms with Crippen molar-refractivity contribution in [3.63, 3.8) is 0 Å². The van der Waals surface area contributed by atoms with Gasteiger partial charge >= 0.3 is 0 Å². The molecule has 1 aliphatic rings. The summed E-state index contributed by atoms with van der Waals surface area (Å²) in [5.41, 5.74) is 1.77. The van der Waals surface area contributed by atoms with Crippen LogP contribution in [0.15, 0.2) is 48.5 Å². The minimum absolute atomic E-state index is 0.00382. The van der Waals surface area contributed by atoms with Gasteiger partial charge in [-0.05, 0) is 24.3 Å². The molecule has 2 aromatic carbocycles. The lowest BCUT2D eigenvalue weighted by atomic mass is 10.2. The van der Waals surface area contributed by atoms with Gasteiger partial charge in [0, 0.05) is 50.5 Å². The molecule has 2 amide bonds. The molecule has 2 aromatic rings. The molecule has 154 valence electrons. The number of ether oxygens (including phenoxy) is 2. The van der Waals surface area contributed by atoms with Crippen LogP contribution in [0.1, 0.15) is 6.92 Å². The van der Waals surface area contributed by atoms with Gasteiger partial charge in [-0.15, -0.1) is 0 Å². The number of carbonyl (C=O) groups is 2. The molecule has 1 saturated heterocycles. The second kappa shape index (κ2) is 9.32. The van der Waals surface area contributed by atoms with Crippen LogP contribution in [0.2, 0.25) is 0 Å². The SMILES string of the molecule is COc1ccc(N(CC(=O)N2CCN(c3ccccc3)CC2)C(C)=O)cc1OC. The normalized spacial score (nSPS) is 13.8. The van der Waals surface area contributed by atoms with Crippen molar-refractivity contribution in [1.29, 1.82) is 0 Å². The summed E-state index contributed by atoms with van der Waals surface area (Å²) in [4.78, 5) is 30.6. The maximum Gasteiger partial charge on any atom is 0.242 e. The summed E-state index contributed by atoms with van der Waals surface area (Å²) in [6, 6.07) is 15.4. The van der Waals surface area contributed by atoms with E-state index in [1.54, 1.807) is 25.3 Å². The van der Waals surface area contributed by atoms with Crippen LogP contribution >= 0.6 is 0 Å². The van der Waals surface area contributed by atoms with Crippen molar-refractivity contribution in [3.05, 3.63) is 48.5 Å². The molecule has 0 radical (unpaired) electrons. The van der Waals surface area contributed by atoms with Crippen LogP contribution in [0, 0.1) is 0 Å². The second-order valence-electron chi connectivity index (χ2n) is 6.85. The first kappa shape index (κ1) is 20.5. The molecular weight excluding hydrogens is 370 g/mol. The lowest BCUT2D eigenvalue weighted by Crippen LogP contribution is -2.51. The fourth-order valence-corrected chi connectivity index (χ4v) is 3.47. The van der Waals surface area contributed by atoms with Gasteiger partial charge in [0.25, 0.3) is 0 Å². The first-order valence-electron chi connectivity index (χ1n) is 9.61. The number of para-hydroxylation sites is 1. The number of nitrogens with zero attached hydrogens (tertiary/aromatic N) is 3. The van der Waals surface area contributed by atoms with E-state index in [1.165, 1.54) is 18.9 Å². The van der Waals surface area contributed by atoms with Crippen LogP contribution in [0.3, 0.4) is 0 Å². The zero-order valence-electron chi connectivity index (χ0n) is 17.1. The minimum Gasteiger partial charge on any atom is -0.493 e. The zero-order chi connectivity index (χ0) is 20.8. The molecule has 7 heteroatoms. The van der Waals surface area contributed by atoms with Crippen molar-refractivity contribution in [3.8, 4) is 11.5 Å². The molecule has 29 heavy (non-hydrogen) atoms. The third kappa shape index (κ3) is 4.80. The molecule has 7 nitrogen and oxygen atoms in total. The molecular formula is C22H27N3O4. The first-order chi connectivity index (χ1) is 14.0. The van der Waals surface area contributed by atoms with Gasteiger partial charge in [-0.3, -0.25) is 9.59 Å². The van der Waals surface area contributed by atoms with Crippen LogP contribution in [-0.4, -0.2) is 63.7 Å². The topological polar surface area (TPSA) is 62.3 Å². The summed E-state index contributed by atoms with van der Waals surface area (Å²) in [5, 5.41) is 0. The molecule has 0 atom stereocenters. The molecule has 0 saturated carbocycles. The van der Waals surface area contributed by atoms with E-state index < -0.39 is 0 Å². The molecule has 0 N–H and O–H groups in total. The highest BCUT2D eigenvalue weighted by atomic mass is 16.5. The molecule has 3 rings (SSSR count). The number of benzene rings is 2. The zero-order valence-corrected chi connectivity index (χ0v) is 17.1. The standard InChI is InChI=1S/C22H27N3O4/c1-17(26)25(19-9-10-20(28-2)21(15-19)29-3)16-22(27)24-13-11-23(12-14-24)18-7-5-4-6-8-18/h4-10,15H,11-14,16H2,1-3H3. The summed E-state index contributed by atoms with van der Waals surface area (Å²) >= 11 is 0. The Kier molecular flexibility index (Phi) is 6.59. The molecule has 0 spiro atoms. The van der Waals surface area contributed by atoms with Crippen molar-refractivity contribution in [2.45, 2.75) is 6.92 Å². The molecule has 1 aliphatic heterocycles. The summed E-state index contributed by atoms with van der Waals surface area (Å²) in [5.74, 6) is 0.819. The van der Waals surface area contributed by atoms with Gasteiger partial charge in [0.2, 0.25) is 11.8 Å². The second-order valence-corrected chi connectivity index (χ2v) is 6.85. The Morgan fingerprint density at radius 2 is 1.59 bits per heavy atom. The van der Waals surface area contributed by atoms with Crippen molar-refractivity contribution < 1.29 is 19.1 Å². The molecule has 1 heterocycles. The Morgan fingerprint density at radius 3 is 2.17 bits per heavy atom. The third-order valence-corrected chi connectivity index (χ3v) is 5.11. The highest BCUT2D eigenvalue weighted by Gasteiger charge is 2.25. The van der Waals surface area contributed by atoms with Crippen molar-refractivity contribution in [2.75, 3.05) is 56.7 Å². The number of methoxy groups -OCH3 is 2. The van der Waals surface area contributed by atoms with Crippen molar-refractivity contribution in [1.82, 2.24) is 4.90 Å². The Balaban J connectivity index is 1.66. The molecule has 0 aromatic heterocycles. The number of carbonyl (C=O) groups excluding carboxylic acids is 2. The summed E-state index contributed by atoms with van der Waals surface area (Å²) in [6.07, 6.45) is 0. The number of piperazine rings is 1. The van der Waals surface area contributed by atoms with Crippen LogP contribution in [0.5, 0.6) is 11.5 Å². The average molecular weight is 397 g/mol. The summed E-state index contributed by atoms with van der Waals surface area (Å²) in [7, 11) is 3.09. The van der Waals surface area contributed by atoms with Gasteiger partial charge < -0.3 is 24.2 Å². The summed E-state index contributed by atoms with van der Waals surface area (Å²) in [6.45, 7) is 4.25. The third-order valence-electron chi connectivity index (χ3n) is 5.11. The largest absolute Gasteiger partial charge is 0.493 e. The highest BCUT2D eigenvalue weighted by Crippen LogP contribution is 2.31. The van der Waals surface area contributed by atoms with Gasteiger partial charge in [0.05, 0.1) is 14.2 Å². The van der Waals surface area contributed by atoms with Crippen molar-refractivity contribution >= 4 is 23.2 Å². The Morgan fingerprint density at radius 1 is 0.931 bits per heavy atom. The van der Waals surface area contributed by atoms with E-state index >= 15 is 0 Å². The lowest BCUT2D eigenvalue weighted by molar-refractivity contribution is -0.131. The molecule has 1 fully saturated rings. The van der Waals surface area contributed by atoms with Crippen LogP contribution in [0.4, 0.5) is 11.4 Å². The summed E-state index contributed by atoms with van der Waals surface area (Å²) < 4.78 is 10.6. The Hall–Kier alpha value is -3.22. The number of anilines is 2. The molecule has 0 aliphatic carbocycles. The predicted octanol–water partition coefficient (Wildman–Crippen LogP) is 2.41. The number of hydrogen-bond donors (Lipinski definition) is 0. The highest BCUT2D eigenvalue weighted by molar-refractivity contribution is 5.97. The van der Waals surface area contributed by atoms with Crippen LogP contribution in [-0.2, 0) is 9.59 Å². The van der Waals surface area contributed by atoms with E-state index in [-0.39, 0.29) is 18.4 Å². The average Bonchev–Trinajstić information content (AvgIpc) is 2.77. The fraction of sp³-hybridized carbons (Fsp3) is 0.364. The van der Waals surface area contributed by atoms with Crippen molar-refractivity contribution in [2.24, 2.45) is 0 Å². The van der Waals surface area contributed by atoms with Crippen LogP contribution < -0.4 is 19.3 Å². The molecule has 0 unspecified atom stereocenters. The number of rotatable bonds is 6. The van der Waals surface area contributed by atoms with Crippen LogP contribution in [0.25, 0.3) is 0 Å². The van der Waals surface area contributed by atoms with Gasteiger partial charge in [0.1, 0.15) is 6.54 Å². The Labute approximate surface area is 171 Å². The van der Waals surface area contributed by atoms with E-state index in [4.69, 9.17) is 9.47 Å². The van der Waals surface area contributed by atoms with E-state index in [0.717, 1.165) is 18.8 Å². The fourth-order valence-electron chi connectivity index (χ4n) is 3.47. The predicted molar refractivity (Wildman–Crippen MR) is 113 cm³/mol. The number of hydrogen-bond acceptors (Lipinski definition) is 5. The number of amides is 2.